The van der Waals surface area contributed by atoms with Crippen molar-refractivity contribution in [3.8, 4) is 0 Å². The van der Waals surface area contributed by atoms with E-state index in [1.807, 2.05) is 13.8 Å². The maximum absolute atomic E-state index is 13.3. The molecule has 106 valence electrons. The lowest BCUT2D eigenvalue weighted by molar-refractivity contribution is 0.247. The molecule has 0 radical (unpaired) electrons. The molecule has 0 atom stereocenters. The second kappa shape index (κ2) is 5.28. The van der Waals surface area contributed by atoms with E-state index < -0.39 is 11.6 Å². The number of anilines is 1. The molecule has 6 nitrogen and oxygen atoms in total. The molecule has 0 unspecified atom stereocenters. The third-order valence-corrected chi connectivity index (χ3v) is 2.76. The number of hydrogen-bond donors (Lipinski definition) is 3. The highest BCUT2D eigenvalue weighted by atomic mass is 19.1. The molecule has 7 heteroatoms. The maximum Gasteiger partial charge on any atom is 0.312 e. The van der Waals surface area contributed by atoms with Crippen molar-refractivity contribution in [2.45, 2.75) is 19.4 Å². The first-order chi connectivity index (χ1) is 9.37. The molecule has 1 heterocycles. The quantitative estimate of drug-likeness (QED) is 0.791. The second-order valence-corrected chi connectivity index (χ2v) is 5.11. The third kappa shape index (κ3) is 3.31. The molecule has 2 aromatic rings. The van der Waals surface area contributed by atoms with E-state index in [0.29, 0.717) is 23.3 Å². The number of amides is 2. The number of rotatable bonds is 4. The van der Waals surface area contributed by atoms with Crippen LogP contribution >= 0.6 is 0 Å². The van der Waals surface area contributed by atoms with Gasteiger partial charge in [0.2, 0.25) is 0 Å². The normalized spacial score (nSPS) is 11.3. The highest BCUT2D eigenvalue weighted by Crippen LogP contribution is 2.22. The van der Waals surface area contributed by atoms with Crippen LogP contribution in [-0.4, -0.2) is 28.1 Å². The number of nitrogens with one attached hydrogen (secondary N) is 2. The number of halogens is 1. The first-order valence-corrected chi connectivity index (χ1v) is 6.09. The van der Waals surface area contributed by atoms with Gasteiger partial charge in [-0.15, -0.1) is 0 Å². The number of benzene rings is 1. The molecular formula is C13H16FN5O. The zero-order chi connectivity index (χ0) is 14.8. The van der Waals surface area contributed by atoms with Crippen LogP contribution in [0.4, 0.5) is 15.0 Å². The molecule has 0 aliphatic rings. The van der Waals surface area contributed by atoms with Crippen molar-refractivity contribution in [2.75, 3.05) is 11.9 Å². The minimum Gasteiger partial charge on any atom is -0.363 e. The van der Waals surface area contributed by atoms with Gasteiger partial charge >= 0.3 is 6.03 Å². The Balaban J connectivity index is 2.29. The van der Waals surface area contributed by atoms with Crippen LogP contribution in [0.25, 0.3) is 10.9 Å². The lowest BCUT2D eigenvalue weighted by Crippen LogP contribution is -2.45. The first kappa shape index (κ1) is 14.0. The van der Waals surface area contributed by atoms with Gasteiger partial charge in [-0.05, 0) is 32.0 Å². The number of primary amides is 1. The van der Waals surface area contributed by atoms with Crippen molar-refractivity contribution in [2.24, 2.45) is 5.73 Å². The fraction of sp³-hybridized carbons (Fsp3) is 0.308. The summed E-state index contributed by atoms with van der Waals surface area (Å²) in [5.41, 5.74) is 5.19. The van der Waals surface area contributed by atoms with E-state index in [0.717, 1.165) is 0 Å². The number of fused-ring (bicyclic) bond motifs is 1. The molecule has 1 aromatic heterocycles. The van der Waals surface area contributed by atoms with Crippen LogP contribution in [-0.2, 0) is 0 Å². The predicted octanol–water partition coefficient (Wildman–Crippen LogP) is 1.63. The molecule has 0 saturated carbocycles. The van der Waals surface area contributed by atoms with Gasteiger partial charge in [0.25, 0.3) is 0 Å². The Hall–Kier alpha value is -2.44. The van der Waals surface area contributed by atoms with Crippen molar-refractivity contribution in [1.82, 2.24) is 15.3 Å². The number of carbonyl (C=O) groups is 1. The molecule has 20 heavy (non-hydrogen) atoms. The van der Waals surface area contributed by atoms with Gasteiger partial charge in [0.1, 0.15) is 18.0 Å². The summed E-state index contributed by atoms with van der Waals surface area (Å²) in [6, 6.07) is 3.71. The minimum absolute atomic E-state index is 0.309. The van der Waals surface area contributed by atoms with Crippen molar-refractivity contribution < 1.29 is 9.18 Å². The summed E-state index contributed by atoms with van der Waals surface area (Å²) in [4.78, 5) is 19.0. The van der Waals surface area contributed by atoms with Crippen LogP contribution in [0.5, 0.6) is 0 Å². The molecule has 2 rings (SSSR count). The van der Waals surface area contributed by atoms with Crippen LogP contribution in [0, 0.1) is 5.82 Å². The summed E-state index contributed by atoms with van der Waals surface area (Å²) in [6.45, 7) is 4.05. The Labute approximate surface area is 115 Å². The van der Waals surface area contributed by atoms with Gasteiger partial charge in [0, 0.05) is 11.9 Å². The van der Waals surface area contributed by atoms with Crippen LogP contribution in [0.1, 0.15) is 13.8 Å². The summed E-state index contributed by atoms with van der Waals surface area (Å²) < 4.78 is 13.3. The highest BCUT2D eigenvalue weighted by molar-refractivity contribution is 5.89. The van der Waals surface area contributed by atoms with Gasteiger partial charge in [-0.3, -0.25) is 0 Å². The minimum atomic E-state index is -0.599. The average Bonchev–Trinajstić information content (AvgIpc) is 2.37. The zero-order valence-corrected chi connectivity index (χ0v) is 11.3. The van der Waals surface area contributed by atoms with Gasteiger partial charge in [-0.2, -0.15) is 0 Å². The topological polar surface area (TPSA) is 92.9 Å². The zero-order valence-electron chi connectivity index (χ0n) is 11.3. The molecule has 0 spiro atoms. The van der Waals surface area contributed by atoms with Crippen LogP contribution < -0.4 is 16.4 Å². The van der Waals surface area contributed by atoms with Crippen LogP contribution in [0.3, 0.4) is 0 Å². The van der Waals surface area contributed by atoms with E-state index in [-0.39, 0.29) is 5.82 Å². The lowest BCUT2D eigenvalue weighted by Gasteiger charge is -2.27. The number of hydrogen-bond acceptors (Lipinski definition) is 4. The summed E-state index contributed by atoms with van der Waals surface area (Å²) in [5.74, 6) is 0.147. The molecule has 1 aromatic carbocycles. The summed E-state index contributed by atoms with van der Waals surface area (Å²) in [7, 11) is 0. The molecule has 0 fully saturated rings. The third-order valence-electron chi connectivity index (χ3n) is 2.76. The number of nitrogens with zero attached hydrogens (tertiary/aromatic N) is 2. The standard InChI is InChI=1S/C13H16FN5O/c1-13(2,6-16-12(15)20)19-11-9-5-8(14)3-4-10(9)17-7-18-11/h3-5,7H,6H2,1-2H3,(H3,15,16,20)(H,17,18,19). The van der Waals surface area contributed by atoms with Crippen LogP contribution in [0.15, 0.2) is 24.5 Å². The number of nitrogens with two attached hydrogens (primary N) is 1. The first-order valence-electron chi connectivity index (χ1n) is 6.09. The Morgan fingerprint density at radius 1 is 1.40 bits per heavy atom. The van der Waals surface area contributed by atoms with E-state index in [1.165, 1.54) is 18.5 Å². The van der Waals surface area contributed by atoms with Gasteiger partial charge in [-0.25, -0.2) is 19.2 Å². The van der Waals surface area contributed by atoms with Gasteiger partial charge in [0.15, 0.2) is 0 Å². The van der Waals surface area contributed by atoms with E-state index in [2.05, 4.69) is 20.6 Å². The lowest BCUT2D eigenvalue weighted by atomic mass is 10.1. The molecule has 0 bridgehead atoms. The second-order valence-electron chi connectivity index (χ2n) is 5.11. The fourth-order valence-electron chi connectivity index (χ4n) is 1.80. The smallest absolute Gasteiger partial charge is 0.312 e. The number of aromatic nitrogens is 2. The SMILES string of the molecule is CC(C)(CNC(N)=O)Nc1ncnc2ccc(F)cc12. The van der Waals surface area contributed by atoms with Crippen molar-refractivity contribution >= 4 is 22.8 Å². The Bertz CT molecular complexity index is 644. The molecule has 0 saturated heterocycles. The average molecular weight is 277 g/mol. The molecule has 0 aliphatic carbocycles. The Morgan fingerprint density at radius 3 is 2.85 bits per heavy atom. The largest absolute Gasteiger partial charge is 0.363 e. The molecule has 4 N–H and O–H groups in total. The summed E-state index contributed by atoms with van der Waals surface area (Å²) in [5, 5.41) is 6.26. The fourth-order valence-corrected chi connectivity index (χ4v) is 1.80. The van der Waals surface area contributed by atoms with Crippen LogP contribution in [0.2, 0.25) is 0 Å². The number of carbonyl (C=O) groups excluding carboxylic acids is 1. The summed E-state index contributed by atoms with van der Waals surface area (Å²) in [6.07, 6.45) is 1.40. The number of urea groups is 1. The monoisotopic (exact) mass is 277 g/mol. The van der Waals surface area contributed by atoms with Crippen molar-refractivity contribution in [3.63, 3.8) is 0 Å². The van der Waals surface area contributed by atoms with E-state index in [4.69, 9.17) is 5.73 Å². The molecule has 2 amide bonds. The van der Waals surface area contributed by atoms with Gasteiger partial charge < -0.3 is 16.4 Å². The van der Waals surface area contributed by atoms with Gasteiger partial charge in [0.05, 0.1) is 11.1 Å². The van der Waals surface area contributed by atoms with E-state index >= 15 is 0 Å². The highest BCUT2D eigenvalue weighted by Gasteiger charge is 2.20. The molecular weight excluding hydrogens is 261 g/mol. The summed E-state index contributed by atoms with van der Waals surface area (Å²) >= 11 is 0. The van der Waals surface area contributed by atoms with E-state index in [9.17, 15) is 9.18 Å². The Kier molecular flexibility index (Phi) is 3.69. The predicted molar refractivity (Wildman–Crippen MR) is 74.8 cm³/mol. The Morgan fingerprint density at radius 2 is 2.15 bits per heavy atom. The van der Waals surface area contributed by atoms with E-state index in [1.54, 1.807) is 6.07 Å². The van der Waals surface area contributed by atoms with Gasteiger partial charge in [-0.1, -0.05) is 0 Å². The molecule has 0 aliphatic heterocycles. The van der Waals surface area contributed by atoms with Crippen molar-refractivity contribution in [1.29, 1.82) is 0 Å². The maximum atomic E-state index is 13.3. The van der Waals surface area contributed by atoms with Crippen molar-refractivity contribution in [3.05, 3.63) is 30.3 Å².